The van der Waals surface area contributed by atoms with Gasteiger partial charge < -0.3 is 4.90 Å². The van der Waals surface area contributed by atoms with Crippen LogP contribution in [0.5, 0.6) is 0 Å². The molecular formula is C33H41N5O2. The molecule has 0 radical (unpaired) electrons. The molecule has 3 heterocycles. The molecule has 0 saturated heterocycles. The fourth-order valence-corrected chi connectivity index (χ4v) is 5.56. The van der Waals surface area contributed by atoms with Crippen LogP contribution in [0.1, 0.15) is 88.0 Å². The Labute approximate surface area is 238 Å². The van der Waals surface area contributed by atoms with Crippen LogP contribution in [0.15, 0.2) is 81.7 Å². The van der Waals surface area contributed by atoms with Gasteiger partial charge in [0.1, 0.15) is 0 Å². The second kappa shape index (κ2) is 13.6. The van der Waals surface area contributed by atoms with Crippen molar-refractivity contribution in [3.8, 4) is 5.82 Å². The molecule has 1 amide bonds. The molecule has 0 bridgehead atoms. The molecule has 0 saturated carbocycles. The Morgan fingerprint density at radius 3 is 2.67 bits per heavy atom. The van der Waals surface area contributed by atoms with Crippen molar-refractivity contribution in [3.63, 3.8) is 0 Å². The molecule has 4 rings (SSSR count). The highest BCUT2D eigenvalue weighted by atomic mass is 16.3. The summed E-state index contributed by atoms with van der Waals surface area (Å²) in [7, 11) is 2.20. The molecule has 7 heteroatoms. The first-order chi connectivity index (χ1) is 19.4. The molecule has 0 aromatic carbocycles. The number of carbonyl (C=O) groups excluding carboxylic acids is 1. The first-order valence-electron chi connectivity index (χ1n) is 14.4. The molecule has 2 aliphatic rings. The number of hydrogen-bond donors (Lipinski definition) is 0. The van der Waals surface area contributed by atoms with Crippen LogP contribution >= 0.6 is 0 Å². The van der Waals surface area contributed by atoms with Crippen LogP contribution in [-0.2, 0) is 6.42 Å². The predicted molar refractivity (Wildman–Crippen MR) is 162 cm³/mol. The van der Waals surface area contributed by atoms with Gasteiger partial charge in [-0.05, 0) is 102 Å². The van der Waals surface area contributed by atoms with E-state index < -0.39 is 5.91 Å². The number of aromatic nitrogens is 3. The van der Waals surface area contributed by atoms with E-state index in [4.69, 9.17) is 4.98 Å². The zero-order valence-corrected chi connectivity index (χ0v) is 24.5. The van der Waals surface area contributed by atoms with E-state index in [1.54, 1.807) is 4.68 Å². The molecule has 1 aliphatic carbocycles. The molecule has 0 spiro atoms. The average Bonchev–Trinajstić information content (AvgIpc) is 3.34. The van der Waals surface area contributed by atoms with Gasteiger partial charge in [0.05, 0.1) is 23.1 Å². The van der Waals surface area contributed by atoms with Crippen LogP contribution in [0.4, 0.5) is 0 Å². The summed E-state index contributed by atoms with van der Waals surface area (Å²) in [5.41, 5.74) is 10.0. The minimum atomic E-state index is -0.804. The van der Waals surface area contributed by atoms with Crippen LogP contribution < -0.4 is 0 Å². The zero-order valence-electron chi connectivity index (χ0n) is 24.5. The Balaban J connectivity index is 1.55. The van der Waals surface area contributed by atoms with Crippen molar-refractivity contribution in [2.24, 2.45) is 5.18 Å². The summed E-state index contributed by atoms with van der Waals surface area (Å²) in [6.07, 6.45) is 17.3. The normalized spacial score (nSPS) is 17.4. The highest BCUT2D eigenvalue weighted by Crippen LogP contribution is 2.36. The maximum atomic E-state index is 12.0. The number of amides is 1. The fraction of sp³-hybridized carbons (Fsp3) is 0.424. The van der Waals surface area contributed by atoms with E-state index in [1.165, 1.54) is 39.6 Å². The van der Waals surface area contributed by atoms with Crippen LogP contribution in [0, 0.1) is 4.91 Å². The molecule has 0 fully saturated rings. The molecular weight excluding hydrogens is 498 g/mol. The summed E-state index contributed by atoms with van der Waals surface area (Å²) in [6.45, 7) is 10.8. The lowest BCUT2D eigenvalue weighted by Gasteiger charge is -2.21. The molecule has 1 aliphatic heterocycles. The first kappa shape index (κ1) is 29.3. The van der Waals surface area contributed by atoms with Crippen molar-refractivity contribution < 1.29 is 4.79 Å². The molecule has 0 atom stereocenters. The third-order valence-electron chi connectivity index (χ3n) is 8.17. The number of nitroso groups, excluding NO2 is 1. The summed E-state index contributed by atoms with van der Waals surface area (Å²) in [5, 5.41) is 6.96. The average molecular weight is 540 g/mol. The van der Waals surface area contributed by atoms with Crippen molar-refractivity contribution >= 4 is 11.5 Å². The monoisotopic (exact) mass is 539 g/mol. The van der Waals surface area contributed by atoms with Crippen molar-refractivity contribution in [1.29, 1.82) is 0 Å². The minimum Gasteiger partial charge on any atom is -0.306 e. The van der Waals surface area contributed by atoms with Crippen molar-refractivity contribution in [2.45, 2.75) is 72.6 Å². The van der Waals surface area contributed by atoms with Gasteiger partial charge in [0.15, 0.2) is 5.82 Å². The molecule has 7 nitrogen and oxygen atoms in total. The van der Waals surface area contributed by atoms with Gasteiger partial charge in [0.2, 0.25) is 0 Å². The van der Waals surface area contributed by atoms with Gasteiger partial charge in [-0.3, -0.25) is 4.79 Å². The molecule has 2 aromatic heterocycles. The molecule has 210 valence electrons. The second-order valence-electron chi connectivity index (χ2n) is 10.8. The number of carbonyl (C=O) groups is 1. The Bertz CT molecular complexity index is 1420. The first-order valence-corrected chi connectivity index (χ1v) is 14.4. The quantitative estimate of drug-likeness (QED) is 0.243. The maximum absolute atomic E-state index is 12.0. The Morgan fingerprint density at radius 2 is 1.93 bits per heavy atom. The van der Waals surface area contributed by atoms with Gasteiger partial charge in [0, 0.05) is 18.3 Å². The van der Waals surface area contributed by atoms with E-state index in [0.717, 1.165) is 57.3 Å². The van der Waals surface area contributed by atoms with Crippen LogP contribution in [0.25, 0.3) is 11.4 Å². The van der Waals surface area contributed by atoms with E-state index in [2.05, 4.69) is 67.3 Å². The third kappa shape index (κ3) is 6.70. The maximum Gasteiger partial charge on any atom is 0.320 e. The highest BCUT2D eigenvalue weighted by molar-refractivity contribution is 5.95. The number of pyridine rings is 1. The van der Waals surface area contributed by atoms with Gasteiger partial charge in [-0.1, -0.05) is 54.0 Å². The summed E-state index contributed by atoms with van der Waals surface area (Å²) in [4.78, 5) is 30.2. The van der Waals surface area contributed by atoms with Crippen molar-refractivity contribution in [2.75, 3.05) is 20.1 Å². The number of rotatable bonds is 9. The Morgan fingerprint density at radius 1 is 1.12 bits per heavy atom. The summed E-state index contributed by atoms with van der Waals surface area (Å²) in [6, 6.07) is 5.89. The highest BCUT2D eigenvalue weighted by Gasteiger charge is 2.20. The largest absolute Gasteiger partial charge is 0.320 e. The number of hydrogen-bond acceptors (Lipinski definition) is 5. The van der Waals surface area contributed by atoms with Gasteiger partial charge >= 0.3 is 5.91 Å². The minimum absolute atomic E-state index is 0.228. The summed E-state index contributed by atoms with van der Waals surface area (Å²) >= 11 is 0. The van der Waals surface area contributed by atoms with Crippen LogP contribution in [0.3, 0.4) is 0 Å². The van der Waals surface area contributed by atoms with Crippen LogP contribution in [0.2, 0.25) is 0 Å². The Kier molecular flexibility index (Phi) is 9.93. The van der Waals surface area contributed by atoms with E-state index >= 15 is 0 Å². The predicted octanol–water partition coefficient (Wildman–Crippen LogP) is 7.55. The Hall–Kier alpha value is -3.71. The molecule has 0 N–H and O–H groups in total. The lowest BCUT2D eigenvalue weighted by molar-refractivity contribution is 0.1000. The molecule has 2 aromatic rings. The van der Waals surface area contributed by atoms with E-state index in [0.29, 0.717) is 17.9 Å². The van der Waals surface area contributed by atoms with Gasteiger partial charge in [0.25, 0.3) is 0 Å². The van der Waals surface area contributed by atoms with Crippen molar-refractivity contribution in [1.82, 2.24) is 19.7 Å². The lowest BCUT2D eigenvalue weighted by atomic mass is 9.86. The second-order valence-corrected chi connectivity index (χ2v) is 10.8. The third-order valence-corrected chi connectivity index (χ3v) is 8.17. The molecule has 40 heavy (non-hydrogen) atoms. The SMILES string of the molecule is C/C=C(/C=C\C1=C(C)CCN(C)CC1)CCC1=C(C)CCC=C1c1cccc(-n2ncc(C(=O)N=O)c2CC)n1. The number of allylic oxidation sites excluding steroid dienone is 8. The summed E-state index contributed by atoms with van der Waals surface area (Å²) in [5.74, 6) is -0.181. The van der Waals surface area contributed by atoms with Gasteiger partial charge in [-0.15, -0.1) is 4.91 Å². The molecule has 0 unspecified atom stereocenters. The topological polar surface area (TPSA) is 80.5 Å². The smallest absolute Gasteiger partial charge is 0.306 e. The van der Waals surface area contributed by atoms with Gasteiger partial charge in [-0.25, -0.2) is 9.67 Å². The van der Waals surface area contributed by atoms with Crippen molar-refractivity contribution in [3.05, 3.63) is 98.4 Å². The summed E-state index contributed by atoms with van der Waals surface area (Å²) < 4.78 is 1.65. The van der Waals surface area contributed by atoms with E-state index in [1.807, 2.05) is 25.1 Å². The fourth-order valence-electron chi connectivity index (χ4n) is 5.56. The van der Waals surface area contributed by atoms with Gasteiger partial charge in [-0.2, -0.15) is 5.10 Å². The number of nitrogens with zero attached hydrogens (tertiary/aromatic N) is 5. The standard InChI is InChI=1S/C33H41N5O2/c1-6-25(14-16-26-19-21-37(5)20-18-23(26)3)15-17-27-24(4)10-8-11-28(27)30-12-9-13-32(35-30)38-31(7-2)29(22-34-38)33(39)36-40/h6,9,11-14,16,22H,7-8,10,15,17-21H2,1-5H3/b16-14-,25-6-. The van der Waals surface area contributed by atoms with Crippen LogP contribution in [-0.4, -0.2) is 45.7 Å². The van der Waals surface area contributed by atoms with E-state index in [9.17, 15) is 9.70 Å². The lowest BCUT2D eigenvalue weighted by Crippen LogP contribution is -2.18. The van der Waals surface area contributed by atoms with E-state index in [-0.39, 0.29) is 5.56 Å². The zero-order chi connectivity index (χ0) is 28.6.